The smallest absolute Gasteiger partial charge is 0.260 e. The number of likely N-dealkylation sites (tertiary alicyclic amines) is 2. The maximum absolute atomic E-state index is 12.6. The first kappa shape index (κ1) is 18.5. The predicted molar refractivity (Wildman–Crippen MR) is 87.6 cm³/mol. The molecule has 4 atom stereocenters. The van der Waals surface area contributed by atoms with Crippen molar-refractivity contribution in [3.05, 3.63) is 0 Å². The van der Waals surface area contributed by atoms with Crippen LogP contribution in [-0.4, -0.2) is 77.0 Å². The predicted octanol–water partition coefficient (Wildman–Crippen LogP) is -1.37. The SMILES string of the molecule is CC(CCC(=O)N1CCC2C1C(=O)CN2C(=O)C1OCCC1=O)C(N)=O. The number of nitrogens with two attached hydrogens (primary N) is 1. The van der Waals surface area contributed by atoms with Gasteiger partial charge in [0.1, 0.15) is 6.04 Å². The number of fused-ring (bicyclic) bond motifs is 1. The standard InChI is InChI=1S/C17H23N3O6/c1-9(16(18)24)2-3-13(23)19-6-4-10-14(19)12(22)8-20(10)17(25)15-11(21)5-7-26-15/h9-10,14-15H,2-8H2,1H3,(H2,18,24). The van der Waals surface area contributed by atoms with E-state index in [0.717, 1.165) is 0 Å². The number of rotatable bonds is 5. The van der Waals surface area contributed by atoms with Gasteiger partial charge in [-0.3, -0.25) is 24.0 Å². The lowest BCUT2D eigenvalue weighted by atomic mass is 10.0. The van der Waals surface area contributed by atoms with Crippen molar-refractivity contribution < 1.29 is 28.7 Å². The molecule has 3 heterocycles. The number of primary amides is 1. The fraction of sp³-hybridized carbons (Fsp3) is 0.706. The Morgan fingerprint density at radius 3 is 2.58 bits per heavy atom. The van der Waals surface area contributed by atoms with Crippen LogP contribution in [0.2, 0.25) is 0 Å². The molecule has 3 aliphatic heterocycles. The van der Waals surface area contributed by atoms with Gasteiger partial charge in [0.2, 0.25) is 11.8 Å². The van der Waals surface area contributed by atoms with Crippen LogP contribution < -0.4 is 5.73 Å². The minimum Gasteiger partial charge on any atom is -0.369 e. The van der Waals surface area contributed by atoms with Crippen LogP contribution in [0.25, 0.3) is 0 Å². The second-order valence-electron chi connectivity index (χ2n) is 7.13. The number of hydrogen-bond acceptors (Lipinski definition) is 6. The molecule has 2 N–H and O–H groups in total. The molecule has 0 aromatic heterocycles. The highest BCUT2D eigenvalue weighted by Gasteiger charge is 2.53. The average molecular weight is 365 g/mol. The van der Waals surface area contributed by atoms with E-state index in [1.54, 1.807) is 6.92 Å². The lowest BCUT2D eigenvalue weighted by Gasteiger charge is -2.25. The van der Waals surface area contributed by atoms with E-state index in [1.165, 1.54) is 9.80 Å². The summed E-state index contributed by atoms with van der Waals surface area (Å²) in [5.41, 5.74) is 5.20. The Morgan fingerprint density at radius 1 is 1.23 bits per heavy atom. The number of carbonyl (C=O) groups is 5. The summed E-state index contributed by atoms with van der Waals surface area (Å²) in [6.45, 7) is 2.13. The van der Waals surface area contributed by atoms with Gasteiger partial charge in [-0.15, -0.1) is 0 Å². The molecule has 0 aromatic carbocycles. The summed E-state index contributed by atoms with van der Waals surface area (Å²) in [4.78, 5) is 63.3. The van der Waals surface area contributed by atoms with Gasteiger partial charge in [0.25, 0.3) is 5.91 Å². The minimum atomic E-state index is -1.12. The molecule has 142 valence electrons. The first-order valence-electron chi connectivity index (χ1n) is 8.87. The Morgan fingerprint density at radius 2 is 1.96 bits per heavy atom. The Hall–Kier alpha value is -2.29. The van der Waals surface area contributed by atoms with Crippen LogP contribution in [0.15, 0.2) is 0 Å². The lowest BCUT2D eigenvalue weighted by Crippen LogP contribution is -2.46. The number of amides is 3. The third kappa shape index (κ3) is 3.23. The molecule has 0 aromatic rings. The zero-order chi connectivity index (χ0) is 19.0. The third-order valence-electron chi connectivity index (χ3n) is 5.45. The van der Waals surface area contributed by atoms with Crippen molar-refractivity contribution in [2.75, 3.05) is 19.7 Å². The molecular formula is C17H23N3O6. The van der Waals surface area contributed by atoms with Crippen LogP contribution in [0.3, 0.4) is 0 Å². The monoisotopic (exact) mass is 365 g/mol. The first-order valence-corrected chi connectivity index (χ1v) is 8.87. The number of ether oxygens (including phenoxy) is 1. The highest BCUT2D eigenvalue weighted by molar-refractivity contribution is 6.08. The van der Waals surface area contributed by atoms with Crippen LogP contribution in [0.1, 0.15) is 32.6 Å². The zero-order valence-electron chi connectivity index (χ0n) is 14.7. The van der Waals surface area contributed by atoms with Gasteiger partial charge in [-0.25, -0.2) is 0 Å². The second-order valence-corrected chi connectivity index (χ2v) is 7.13. The maximum Gasteiger partial charge on any atom is 0.260 e. The van der Waals surface area contributed by atoms with Gasteiger partial charge in [0.05, 0.1) is 19.2 Å². The Balaban J connectivity index is 1.65. The Labute approximate surface area is 150 Å². The summed E-state index contributed by atoms with van der Waals surface area (Å²) in [5, 5.41) is 0. The molecule has 9 heteroatoms. The van der Waals surface area contributed by atoms with Crippen molar-refractivity contribution in [1.29, 1.82) is 0 Å². The molecule has 3 fully saturated rings. The van der Waals surface area contributed by atoms with Gasteiger partial charge in [0, 0.05) is 25.3 Å². The second kappa shape index (κ2) is 7.14. The summed E-state index contributed by atoms with van der Waals surface area (Å²) >= 11 is 0. The van der Waals surface area contributed by atoms with Gasteiger partial charge in [-0.05, 0) is 12.8 Å². The summed E-state index contributed by atoms with van der Waals surface area (Å²) < 4.78 is 5.21. The number of ketones is 2. The van der Waals surface area contributed by atoms with E-state index in [2.05, 4.69) is 0 Å². The number of carbonyl (C=O) groups excluding carboxylic acids is 5. The van der Waals surface area contributed by atoms with E-state index in [4.69, 9.17) is 10.5 Å². The molecule has 0 radical (unpaired) electrons. The van der Waals surface area contributed by atoms with Crippen molar-refractivity contribution in [2.45, 2.75) is 50.8 Å². The maximum atomic E-state index is 12.6. The molecule has 0 saturated carbocycles. The van der Waals surface area contributed by atoms with Crippen LogP contribution in [0.5, 0.6) is 0 Å². The summed E-state index contributed by atoms with van der Waals surface area (Å²) in [6, 6.07) is -1.09. The Kier molecular flexibility index (Phi) is 5.08. The van der Waals surface area contributed by atoms with Gasteiger partial charge in [0.15, 0.2) is 17.7 Å². The van der Waals surface area contributed by atoms with Gasteiger partial charge >= 0.3 is 0 Å². The molecule has 26 heavy (non-hydrogen) atoms. The van der Waals surface area contributed by atoms with Gasteiger partial charge < -0.3 is 20.3 Å². The molecule has 3 rings (SSSR count). The lowest BCUT2D eigenvalue weighted by molar-refractivity contribution is -0.146. The zero-order valence-corrected chi connectivity index (χ0v) is 14.7. The van der Waals surface area contributed by atoms with Crippen LogP contribution in [0, 0.1) is 5.92 Å². The minimum absolute atomic E-state index is 0.108. The summed E-state index contributed by atoms with van der Waals surface area (Å²) in [7, 11) is 0. The number of Topliss-reactive ketones (excluding diaryl/α,β-unsaturated/α-hetero) is 2. The molecule has 3 saturated heterocycles. The normalized spacial score (nSPS) is 29.2. The highest BCUT2D eigenvalue weighted by atomic mass is 16.5. The van der Waals surface area contributed by atoms with E-state index in [0.29, 0.717) is 19.4 Å². The quantitative estimate of drug-likeness (QED) is 0.599. The van der Waals surface area contributed by atoms with Crippen molar-refractivity contribution in [3.63, 3.8) is 0 Å². The van der Waals surface area contributed by atoms with Crippen LogP contribution in [0.4, 0.5) is 0 Å². The fourth-order valence-electron chi connectivity index (χ4n) is 3.88. The van der Waals surface area contributed by atoms with E-state index < -0.39 is 35.9 Å². The molecule has 0 spiro atoms. The van der Waals surface area contributed by atoms with Crippen molar-refractivity contribution in [2.24, 2.45) is 11.7 Å². The molecule has 0 aliphatic carbocycles. The molecule has 9 nitrogen and oxygen atoms in total. The largest absolute Gasteiger partial charge is 0.369 e. The van der Waals surface area contributed by atoms with Crippen molar-refractivity contribution in [3.8, 4) is 0 Å². The van der Waals surface area contributed by atoms with Crippen LogP contribution >= 0.6 is 0 Å². The topological polar surface area (TPSA) is 127 Å². The van der Waals surface area contributed by atoms with Crippen LogP contribution in [-0.2, 0) is 28.7 Å². The number of hydrogen-bond donors (Lipinski definition) is 1. The Bertz CT molecular complexity index is 663. The van der Waals surface area contributed by atoms with Gasteiger partial charge in [-0.2, -0.15) is 0 Å². The van der Waals surface area contributed by atoms with Gasteiger partial charge in [-0.1, -0.05) is 6.92 Å². The van der Waals surface area contributed by atoms with E-state index >= 15 is 0 Å². The van der Waals surface area contributed by atoms with E-state index in [-0.39, 0.29) is 43.5 Å². The molecule has 0 bridgehead atoms. The average Bonchev–Trinajstić information content (AvgIpc) is 3.28. The van der Waals surface area contributed by atoms with Crippen molar-refractivity contribution in [1.82, 2.24) is 9.80 Å². The van der Waals surface area contributed by atoms with Crippen molar-refractivity contribution >= 4 is 29.3 Å². The van der Waals surface area contributed by atoms with E-state index in [9.17, 15) is 24.0 Å². The first-order chi connectivity index (χ1) is 12.3. The molecule has 3 amide bonds. The molecular weight excluding hydrogens is 342 g/mol. The highest BCUT2D eigenvalue weighted by Crippen LogP contribution is 2.31. The number of nitrogens with zero attached hydrogens (tertiary/aromatic N) is 2. The third-order valence-corrected chi connectivity index (χ3v) is 5.45. The summed E-state index contributed by atoms with van der Waals surface area (Å²) in [6.07, 6.45) is 0.0136. The molecule has 4 unspecified atom stereocenters. The summed E-state index contributed by atoms with van der Waals surface area (Å²) in [5.74, 6) is -2.06. The molecule has 3 aliphatic rings. The fourth-order valence-corrected chi connectivity index (χ4v) is 3.88. The van der Waals surface area contributed by atoms with E-state index in [1.807, 2.05) is 0 Å².